The summed E-state index contributed by atoms with van der Waals surface area (Å²) < 4.78 is 17.9. The molecule has 0 aromatic heterocycles. The topological polar surface area (TPSA) is 44.8 Å². The van der Waals surface area contributed by atoms with Crippen LogP contribution in [0.3, 0.4) is 0 Å². The third kappa shape index (κ3) is 6.43. The van der Waals surface area contributed by atoms with E-state index in [9.17, 15) is 9.18 Å². The van der Waals surface area contributed by atoms with E-state index >= 15 is 0 Å². The van der Waals surface area contributed by atoms with E-state index in [1.807, 2.05) is 47.2 Å². The molecule has 0 radical (unpaired) electrons. The van der Waals surface area contributed by atoms with E-state index < -0.39 is 6.67 Å². The monoisotopic (exact) mass is 455 g/mol. The third-order valence-corrected chi connectivity index (χ3v) is 5.63. The van der Waals surface area contributed by atoms with Crippen LogP contribution in [-0.4, -0.2) is 76.0 Å². The number of likely N-dealkylation sites (N-methyl/N-ethyl adjacent to an activating group) is 1. The first-order chi connectivity index (χ1) is 13.6. The van der Waals surface area contributed by atoms with E-state index in [4.69, 9.17) is 4.74 Å². The molecule has 2 rings (SSSR count). The van der Waals surface area contributed by atoms with Gasteiger partial charge in [0, 0.05) is 0 Å². The van der Waals surface area contributed by atoms with Crippen molar-refractivity contribution >= 4 is 37.9 Å². The van der Waals surface area contributed by atoms with Crippen LogP contribution in [0.2, 0.25) is 0 Å². The zero-order valence-corrected chi connectivity index (χ0v) is 18.5. The van der Waals surface area contributed by atoms with Crippen molar-refractivity contribution in [1.29, 1.82) is 0 Å². The van der Waals surface area contributed by atoms with Gasteiger partial charge in [0.05, 0.1) is 6.61 Å². The van der Waals surface area contributed by atoms with Gasteiger partial charge in [-0.3, -0.25) is 0 Å². The summed E-state index contributed by atoms with van der Waals surface area (Å²) in [5, 5.41) is 3.23. The van der Waals surface area contributed by atoms with E-state index in [0.29, 0.717) is 18.8 Å². The number of hydrogen-bond donors (Lipinski definition) is 1. The molecule has 1 saturated heterocycles. The van der Waals surface area contributed by atoms with Crippen LogP contribution in [0, 0.1) is 0 Å². The van der Waals surface area contributed by atoms with Crippen molar-refractivity contribution in [2.45, 2.75) is 32.6 Å². The van der Waals surface area contributed by atoms with Crippen LogP contribution in [0.1, 0.15) is 38.2 Å². The molecule has 1 N–H and O–H groups in total. The van der Waals surface area contributed by atoms with Gasteiger partial charge in [-0.25, -0.2) is 4.39 Å². The number of amides is 1. The fraction of sp³-hybridized carbons (Fsp3) is 0.524. The summed E-state index contributed by atoms with van der Waals surface area (Å²) in [5.41, 5.74) is 2.60. The van der Waals surface area contributed by atoms with Crippen molar-refractivity contribution < 1.29 is 13.9 Å². The van der Waals surface area contributed by atoms with Crippen LogP contribution in [0.5, 0.6) is 0 Å². The normalized spacial score (nSPS) is 15.8. The van der Waals surface area contributed by atoms with Crippen LogP contribution in [0.25, 0.3) is 6.08 Å². The maximum absolute atomic E-state index is 12.8. The molecule has 1 aromatic rings. The number of hydrogen-bond acceptors (Lipinski definition) is 4. The molecular weight excluding hydrogens is 424 g/mol. The molecule has 0 atom stereocenters. The molecule has 1 aliphatic heterocycles. The number of unbranched alkanes of at least 4 members (excludes halogenated alkanes) is 3. The molecule has 1 heterocycles. The fourth-order valence-electron chi connectivity index (χ4n) is 2.98. The van der Waals surface area contributed by atoms with Crippen LogP contribution in [0.15, 0.2) is 30.0 Å². The number of carbonyl (C=O) groups is 1. The molecule has 0 unspecified atom stereocenters. The van der Waals surface area contributed by atoms with Gasteiger partial charge in [-0.15, -0.1) is 0 Å². The van der Waals surface area contributed by atoms with Gasteiger partial charge in [-0.05, 0) is 0 Å². The third-order valence-electron chi connectivity index (χ3n) is 4.59. The van der Waals surface area contributed by atoms with Crippen LogP contribution < -0.4 is 5.32 Å². The standard InChI is InChI=1S/C21H30FN3O2Se/c1-3-4-5-6-13-25-20(26)19(24(2)21(25)28)16-17-7-9-18(10-8-17)23-12-15-27-14-11-22/h7-10,16,23H,3-6,11-15H2,1-2H3. The Balaban J connectivity index is 1.94. The van der Waals surface area contributed by atoms with Crippen molar-refractivity contribution in [3.8, 4) is 0 Å². The number of rotatable bonds is 12. The molecule has 0 spiro atoms. The van der Waals surface area contributed by atoms with Crippen molar-refractivity contribution in [1.82, 2.24) is 9.80 Å². The van der Waals surface area contributed by atoms with E-state index in [2.05, 4.69) is 27.8 Å². The second-order valence-electron chi connectivity index (χ2n) is 6.74. The van der Waals surface area contributed by atoms with E-state index in [-0.39, 0.29) is 12.5 Å². The Morgan fingerprint density at radius 1 is 1.18 bits per heavy atom. The molecule has 1 fully saturated rings. The predicted molar refractivity (Wildman–Crippen MR) is 114 cm³/mol. The number of nitrogens with one attached hydrogen (secondary N) is 1. The molecule has 154 valence electrons. The molecule has 5 nitrogen and oxygen atoms in total. The van der Waals surface area contributed by atoms with Gasteiger partial charge in [0.1, 0.15) is 6.67 Å². The van der Waals surface area contributed by atoms with Crippen molar-refractivity contribution in [3.63, 3.8) is 0 Å². The maximum atomic E-state index is 12.8. The van der Waals surface area contributed by atoms with Crippen LogP contribution in [0.4, 0.5) is 10.1 Å². The molecule has 28 heavy (non-hydrogen) atoms. The summed E-state index contributed by atoms with van der Waals surface area (Å²) in [7, 11) is 1.91. The first-order valence-corrected chi connectivity index (χ1v) is 10.7. The zero-order valence-electron chi connectivity index (χ0n) is 16.7. The Morgan fingerprint density at radius 2 is 1.93 bits per heavy atom. The number of carbonyl (C=O) groups excluding carboxylic acids is 1. The molecule has 1 amide bonds. The van der Waals surface area contributed by atoms with Crippen molar-refractivity contribution in [3.05, 3.63) is 35.5 Å². The SMILES string of the molecule is CCCCCCN1C(=O)C(=Cc2ccc(NCCOCCF)cc2)N(C)C1=[Se]. The second kappa shape index (κ2) is 12.0. The summed E-state index contributed by atoms with van der Waals surface area (Å²) in [6, 6.07) is 7.88. The number of anilines is 1. The molecule has 7 heteroatoms. The summed E-state index contributed by atoms with van der Waals surface area (Å²) in [6.07, 6.45) is 6.46. The van der Waals surface area contributed by atoms with Crippen LogP contribution in [-0.2, 0) is 9.53 Å². The molecule has 0 aliphatic carbocycles. The van der Waals surface area contributed by atoms with E-state index in [0.717, 1.165) is 35.3 Å². The summed E-state index contributed by atoms with van der Waals surface area (Å²) >= 11 is 3.03. The van der Waals surface area contributed by atoms with Crippen molar-refractivity contribution in [2.24, 2.45) is 0 Å². The van der Waals surface area contributed by atoms with Gasteiger partial charge >= 0.3 is 157 Å². The van der Waals surface area contributed by atoms with E-state index in [1.165, 1.54) is 12.8 Å². The Labute approximate surface area is 175 Å². The van der Waals surface area contributed by atoms with Gasteiger partial charge in [0.15, 0.2) is 0 Å². The first-order valence-electron chi connectivity index (χ1n) is 9.87. The van der Waals surface area contributed by atoms with Crippen LogP contribution >= 0.6 is 0 Å². The van der Waals surface area contributed by atoms with Gasteiger partial charge in [0.2, 0.25) is 0 Å². The summed E-state index contributed by atoms with van der Waals surface area (Å²) in [5.74, 6) is 0.0416. The Hall–Kier alpha value is -1.69. The van der Waals surface area contributed by atoms with Gasteiger partial charge in [-0.2, -0.15) is 0 Å². The fourth-order valence-corrected chi connectivity index (χ4v) is 3.56. The molecular formula is C21H30FN3O2Se. The molecule has 0 saturated carbocycles. The number of benzene rings is 1. The average Bonchev–Trinajstić information content (AvgIpc) is 2.90. The minimum atomic E-state index is -0.457. The van der Waals surface area contributed by atoms with Gasteiger partial charge < -0.3 is 0 Å². The molecule has 1 aromatic carbocycles. The minimum absolute atomic E-state index is 0.0416. The number of alkyl halides is 1. The summed E-state index contributed by atoms with van der Waals surface area (Å²) in [4.78, 5) is 16.6. The Bertz CT molecular complexity index is 679. The number of halogens is 1. The summed E-state index contributed by atoms with van der Waals surface area (Å²) in [6.45, 7) is 3.70. The van der Waals surface area contributed by atoms with Crippen molar-refractivity contribution in [2.75, 3.05) is 45.3 Å². The zero-order chi connectivity index (χ0) is 20.4. The molecule has 0 bridgehead atoms. The predicted octanol–water partition coefficient (Wildman–Crippen LogP) is 3.04. The average molecular weight is 454 g/mol. The molecule has 1 aliphatic rings. The Kier molecular flexibility index (Phi) is 9.68. The van der Waals surface area contributed by atoms with E-state index in [1.54, 1.807) is 0 Å². The Morgan fingerprint density at radius 3 is 2.61 bits per heavy atom. The number of nitrogens with zero attached hydrogens (tertiary/aromatic N) is 2. The number of ether oxygens (including phenoxy) is 1. The van der Waals surface area contributed by atoms with Gasteiger partial charge in [-0.1, -0.05) is 0 Å². The quantitative estimate of drug-likeness (QED) is 0.300. The second-order valence-corrected chi connectivity index (χ2v) is 7.50. The van der Waals surface area contributed by atoms with Gasteiger partial charge in [0.25, 0.3) is 0 Å². The first kappa shape index (κ1) is 22.6.